The summed E-state index contributed by atoms with van der Waals surface area (Å²) in [6.07, 6.45) is 1.86. The molecule has 0 fully saturated rings. The number of rotatable bonds is 6. The third-order valence-electron chi connectivity index (χ3n) is 3.46. The van der Waals surface area contributed by atoms with E-state index in [1.165, 1.54) is 12.3 Å². The van der Waals surface area contributed by atoms with Gasteiger partial charge in [-0.2, -0.15) is 0 Å². The standard InChI is InChI=1S/C16H17NO4/c1-2-16(15(19)20,11-12-7-4-3-5-8-12)17-14(18)13-9-6-10-21-13/h3-10H,2,11H2,1H3,(H,17,18)(H,19,20)/t16-/m1/s1. The molecular weight excluding hydrogens is 270 g/mol. The normalized spacial score (nSPS) is 13.4. The van der Waals surface area contributed by atoms with E-state index in [-0.39, 0.29) is 18.6 Å². The van der Waals surface area contributed by atoms with Crippen molar-refractivity contribution in [2.75, 3.05) is 0 Å². The van der Waals surface area contributed by atoms with Crippen LogP contribution in [0.4, 0.5) is 0 Å². The highest BCUT2D eigenvalue weighted by Gasteiger charge is 2.39. The van der Waals surface area contributed by atoms with Gasteiger partial charge in [-0.25, -0.2) is 4.79 Å². The molecule has 1 heterocycles. The predicted octanol–water partition coefficient (Wildman–Crippen LogP) is 2.49. The number of carbonyl (C=O) groups is 2. The molecule has 0 aliphatic rings. The number of hydrogen-bond donors (Lipinski definition) is 2. The van der Waals surface area contributed by atoms with Gasteiger partial charge < -0.3 is 14.8 Å². The SMILES string of the molecule is CC[C@](Cc1ccccc1)(NC(=O)c1ccco1)C(=O)O. The number of hydrogen-bond acceptors (Lipinski definition) is 3. The molecule has 0 aliphatic heterocycles. The third kappa shape index (κ3) is 3.31. The Morgan fingerprint density at radius 1 is 1.19 bits per heavy atom. The second-order valence-electron chi connectivity index (χ2n) is 4.83. The summed E-state index contributed by atoms with van der Waals surface area (Å²) >= 11 is 0. The first-order valence-electron chi connectivity index (χ1n) is 6.71. The summed E-state index contributed by atoms with van der Waals surface area (Å²) in [7, 11) is 0. The van der Waals surface area contributed by atoms with E-state index in [2.05, 4.69) is 5.32 Å². The van der Waals surface area contributed by atoms with Crippen LogP contribution in [0.3, 0.4) is 0 Å². The molecule has 0 bridgehead atoms. The summed E-state index contributed by atoms with van der Waals surface area (Å²) in [5, 5.41) is 12.2. The van der Waals surface area contributed by atoms with Crippen molar-refractivity contribution in [3.63, 3.8) is 0 Å². The molecule has 1 aromatic carbocycles. The van der Waals surface area contributed by atoms with Crippen molar-refractivity contribution in [3.05, 3.63) is 60.1 Å². The van der Waals surface area contributed by atoms with Crippen LogP contribution in [0, 0.1) is 0 Å². The first-order valence-corrected chi connectivity index (χ1v) is 6.71. The van der Waals surface area contributed by atoms with Gasteiger partial charge in [-0.15, -0.1) is 0 Å². The van der Waals surface area contributed by atoms with Gasteiger partial charge in [0.1, 0.15) is 5.54 Å². The summed E-state index contributed by atoms with van der Waals surface area (Å²) in [6.45, 7) is 1.74. The van der Waals surface area contributed by atoms with E-state index in [1.807, 2.05) is 30.3 Å². The number of aliphatic carboxylic acids is 1. The van der Waals surface area contributed by atoms with E-state index in [4.69, 9.17) is 4.42 Å². The highest BCUT2D eigenvalue weighted by Crippen LogP contribution is 2.19. The number of nitrogens with one attached hydrogen (secondary N) is 1. The lowest BCUT2D eigenvalue weighted by Crippen LogP contribution is -2.55. The quantitative estimate of drug-likeness (QED) is 0.855. The summed E-state index contributed by atoms with van der Waals surface area (Å²) in [5.41, 5.74) is -0.507. The maximum absolute atomic E-state index is 12.1. The molecule has 0 spiro atoms. The van der Waals surface area contributed by atoms with Crippen LogP contribution in [-0.4, -0.2) is 22.5 Å². The van der Waals surface area contributed by atoms with E-state index in [1.54, 1.807) is 13.0 Å². The van der Waals surface area contributed by atoms with Gasteiger partial charge in [-0.1, -0.05) is 37.3 Å². The minimum atomic E-state index is -1.36. The van der Waals surface area contributed by atoms with E-state index in [0.29, 0.717) is 0 Å². The maximum atomic E-state index is 12.1. The Kier molecular flexibility index (Phi) is 4.42. The van der Waals surface area contributed by atoms with Crippen molar-refractivity contribution >= 4 is 11.9 Å². The van der Waals surface area contributed by atoms with Crippen molar-refractivity contribution in [2.24, 2.45) is 0 Å². The fourth-order valence-electron chi connectivity index (χ4n) is 2.17. The second kappa shape index (κ2) is 6.26. The third-order valence-corrected chi connectivity index (χ3v) is 3.46. The van der Waals surface area contributed by atoms with E-state index < -0.39 is 17.4 Å². The molecule has 110 valence electrons. The predicted molar refractivity (Wildman–Crippen MR) is 77.0 cm³/mol. The minimum absolute atomic E-state index is 0.0992. The lowest BCUT2D eigenvalue weighted by molar-refractivity contribution is -0.144. The van der Waals surface area contributed by atoms with E-state index in [9.17, 15) is 14.7 Å². The van der Waals surface area contributed by atoms with Crippen LogP contribution < -0.4 is 5.32 Å². The Morgan fingerprint density at radius 3 is 2.43 bits per heavy atom. The Labute approximate surface area is 122 Å². The van der Waals surface area contributed by atoms with Crippen LogP contribution >= 0.6 is 0 Å². The van der Waals surface area contributed by atoms with Gasteiger partial charge in [0.25, 0.3) is 5.91 Å². The summed E-state index contributed by atoms with van der Waals surface area (Å²) < 4.78 is 5.01. The smallest absolute Gasteiger partial charge is 0.329 e. The first-order chi connectivity index (χ1) is 10.1. The highest BCUT2D eigenvalue weighted by atomic mass is 16.4. The molecule has 5 nitrogen and oxygen atoms in total. The molecule has 2 aromatic rings. The molecule has 0 unspecified atom stereocenters. The van der Waals surface area contributed by atoms with Gasteiger partial charge in [0.15, 0.2) is 5.76 Å². The molecule has 0 radical (unpaired) electrons. The average molecular weight is 287 g/mol. The minimum Gasteiger partial charge on any atom is -0.479 e. The molecule has 1 aromatic heterocycles. The van der Waals surface area contributed by atoms with Crippen molar-refractivity contribution in [1.29, 1.82) is 0 Å². The second-order valence-corrected chi connectivity index (χ2v) is 4.83. The number of carboxylic acids is 1. The molecule has 5 heteroatoms. The Balaban J connectivity index is 2.25. The molecule has 1 amide bonds. The molecule has 21 heavy (non-hydrogen) atoms. The van der Waals surface area contributed by atoms with Crippen molar-refractivity contribution in [3.8, 4) is 0 Å². The fraction of sp³-hybridized carbons (Fsp3) is 0.250. The van der Waals surface area contributed by atoms with Crippen molar-refractivity contribution in [2.45, 2.75) is 25.3 Å². The van der Waals surface area contributed by atoms with Crippen LogP contribution in [0.5, 0.6) is 0 Å². The molecule has 1 atom stereocenters. The Morgan fingerprint density at radius 2 is 1.90 bits per heavy atom. The summed E-state index contributed by atoms with van der Waals surface area (Å²) in [5.74, 6) is -1.49. The largest absolute Gasteiger partial charge is 0.479 e. The van der Waals surface area contributed by atoms with E-state index in [0.717, 1.165) is 5.56 Å². The number of amides is 1. The van der Waals surface area contributed by atoms with E-state index >= 15 is 0 Å². The van der Waals surface area contributed by atoms with Crippen LogP contribution in [-0.2, 0) is 11.2 Å². The summed E-state index contributed by atoms with van der Waals surface area (Å²) in [4.78, 5) is 23.8. The molecular formula is C16H17NO4. The van der Waals surface area contributed by atoms with Crippen molar-refractivity contribution in [1.82, 2.24) is 5.32 Å². The number of benzene rings is 1. The number of furan rings is 1. The van der Waals surface area contributed by atoms with Gasteiger partial charge in [-0.3, -0.25) is 4.79 Å². The van der Waals surface area contributed by atoms with Gasteiger partial charge >= 0.3 is 5.97 Å². The first kappa shape index (κ1) is 14.8. The van der Waals surface area contributed by atoms with Gasteiger partial charge in [0, 0.05) is 6.42 Å². The zero-order chi connectivity index (χ0) is 15.3. The zero-order valence-electron chi connectivity index (χ0n) is 11.7. The Hall–Kier alpha value is -2.56. The molecule has 0 aliphatic carbocycles. The molecule has 0 saturated heterocycles. The van der Waals surface area contributed by atoms with Crippen LogP contribution in [0.25, 0.3) is 0 Å². The summed E-state index contributed by atoms with van der Waals surface area (Å²) in [6, 6.07) is 12.3. The zero-order valence-corrected chi connectivity index (χ0v) is 11.7. The van der Waals surface area contributed by atoms with Gasteiger partial charge in [0.2, 0.25) is 0 Å². The monoisotopic (exact) mass is 287 g/mol. The Bertz CT molecular complexity index is 606. The van der Waals surface area contributed by atoms with Crippen LogP contribution in [0.2, 0.25) is 0 Å². The number of carboxylic acid groups (broad SMARTS) is 1. The molecule has 2 rings (SSSR count). The lowest BCUT2D eigenvalue weighted by atomic mass is 9.88. The topological polar surface area (TPSA) is 79.5 Å². The van der Waals surface area contributed by atoms with Gasteiger partial charge in [0.05, 0.1) is 6.26 Å². The van der Waals surface area contributed by atoms with Crippen LogP contribution in [0.1, 0.15) is 29.5 Å². The lowest BCUT2D eigenvalue weighted by Gasteiger charge is -2.29. The fourth-order valence-corrected chi connectivity index (χ4v) is 2.17. The van der Waals surface area contributed by atoms with Crippen LogP contribution in [0.15, 0.2) is 53.1 Å². The average Bonchev–Trinajstić information content (AvgIpc) is 3.01. The number of carbonyl (C=O) groups excluding carboxylic acids is 1. The molecule has 2 N–H and O–H groups in total. The highest BCUT2D eigenvalue weighted by molar-refractivity contribution is 5.95. The maximum Gasteiger partial charge on any atom is 0.329 e. The molecule has 0 saturated carbocycles. The van der Waals surface area contributed by atoms with Crippen molar-refractivity contribution < 1.29 is 19.1 Å². The van der Waals surface area contributed by atoms with Gasteiger partial charge in [-0.05, 0) is 24.1 Å².